The van der Waals surface area contributed by atoms with Crippen molar-refractivity contribution in [3.63, 3.8) is 0 Å². The van der Waals surface area contributed by atoms with Crippen molar-refractivity contribution >= 4 is 11.6 Å². The molecule has 110 valence electrons. The average Bonchev–Trinajstić information content (AvgIpc) is 3.20. The maximum absolute atomic E-state index is 11.9. The molecule has 2 N–H and O–H groups in total. The van der Waals surface area contributed by atoms with Gasteiger partial charge in [-0.1, -0.05) is 19.9 Å². The Morgan fingerprint density at radius 2 is 2.15 bits per heavy atom. The van der Waals surface area contributed by atoms with Gasteiger partial charge in [0.1, 0.15) is 5.75 Å². The first kappa shape index (κ1) is 14.9. The first-order valence-electron chi connectivity index (χ1n) is 7.20. The van der Waals surface area contributed by atoms with Gasteiger partial charge in [0.05, 0.1) is 13.7 Å². The number of carbonyl (C=O) groups excluding carboxylic acids is 1. The zero-order valence-electron chi connectivity index (χ0n) is 12.5. The molecule has 1 fully saturated rings. The van der Waals surface area contributed by atoms with Gasteiger partial charge in [-0.25, -0.2) is 0 Å². The highest BCUT2D eigenvalue weighted by Gasteiger charge is 2.44. The normalized spacial score (nSPS) is 16.0. The van der Waals surface area contributed by atoms with Crippen molar-refractivity contribution in [3.8, 4) is 5.75 Å². The molecule has 0 bridgehead atoms. The molecule has 1 aliphatic carbocycles. The molecular formula is C16H24N2O2. The molecule has 0 unspecified atom stereocenters. The highest BCUT2D eigenvalue weighted by atomic mass is 16.5. The number of nitrogens with one attached hydrogen (secondary N) is 2. The molecule has 1 amide bonds. The third-order valence-electron chi connectivity index (χ3n) is 4.23. The Morgan fingerprint density at radius 1 is 1.40 bits per heavy atom. The molecule has 2 rings (SSSR count). The number of carbonyl (C=O) groups is 1. The zero-order valence-corrected chi connectivity index (χ0v) is 12.5. The smallest absolute Gasteiger partial charge is 0.238 e. The quantitative estimate of drug-likeness (QED) is 0.805. The minimum atomic E-state index is -0.0159. The first-order chi connectivity index (χ1) is 9.55. The number of amides is 1. The fraction of sp³-hybridized carbons (Fsp3) is 0.562. The van der Waals surface area contributed by atoms with Gasteiger partial charge >= 0.3 is 0 Å². The third-order valence-corrected chi connectivity index (χ3v) is 4.23. The monoisotopic (exact) mass is 276 g/mol. The van der Waals surface area contributed by atoms with Crippen LogP contribution in [0.2, 0.25) is 0 Å². The van der Waals surface area contributed by atoms with Crippen LogP contribution in [0, 0.1) is 11.3 Å². The SMILES string of the molecule is COc1cccc(NC(=O)CNCC2(C(C)C)CC2)c1. The van der Waals surface area contributed by atoms with E-state index in [0.717, 1.165) is 18.0 Å². The molecule has 0 radical (unpaired) electrons. The largest absolute Gasteiger partial charge is 0.497 e. The molecule has 20 heavy (non-hydrogen) atoms. The standard InChI is InChI=1S/C16H24N2O2/c1-12(2)16(7-8-16)11-17-10-15(19)18-13-5-4-6-14(9-13)20-3/h4-6,9,12,17H,7-8,10-11H2,1-3H3,(H,18,19). The lowest BCUT2D eigenvalue weighted by Crippen LogP contribution is -2.34. The lowest BCUT2D eigenvalue weighted by Gasteiger charge is -2.19. The summed E-state index contributed by atoms with van der Waals surface area (Å²) in [4.78, 5) is 11.9. The van der Waals surface area contributed by atoms with Gasteiger partial charge in [-0.15, -0.1) is 0 Å². The summed E-state index contributed by atoms with van der Waals surface area (Å²) in [6, 6.07) is 7.39. The molecular weight excluding hydrogens is 252 g/mol. The van der Waals surface area contributed by atoms with Crippen LogP contribution in [0.15, 0.2) is 24.3 Å². The maximum Gasteiger partial charge on any atom is 0.238 e. The number of benzene rings is 1. The Morgan fingerprint density at radius 3 is 2.75 bits per heavy atom. The molecule has 1 aliphatic rings. The van der Waals surface area contributed by atoms with Crippen LogP contribution in [0.5, 0.6) is 5.75 Å². The summed E-state index contributed by atoms with van der Waals surface area (Å²) < 4.78 is 5.13. The minimum Gasteiger partial charge on any atom is -0.497 e. The second kappa shape index (κ2) is 6.27. The summed E-state index contributed by atoms with van der Waals surface area (Å²) in [6.07, 6.45) is 2.55. The second-order valence-electron chi connectivity index (χ2n) is 5.90. The molecule has 0 aromatic heterocycles. The van der Waals surface area contributed by atoms with Gasteiger partial charge in [-0.3, -0.25) is 4.79 Å². The van der Waals surface area contributed by atoms with Gasteiger partial charge < -0.3 is 15.4 Å². The Hall–Kier alpha value is -1.55. The minimum absolute atomic E-state index is 0.0159. The van der Waals surface area contributed by atoms with Crippen LogP contribution in [0.1, 0.15) is 26.7 Å². The van der Waals surface area contributed by atoms with Crippen molar-refractivity contribution < 1.29 is 9.53 Å². The fourth-order valence-corrected chi connectivity index (χ4v) is 2.45. The van der Waals surface area contributed by atoms with E-state index in [2.05, 4.69) is 24.5 Å². The van der Waals surface area contributed by atoms with Gasteiger partial charge in [-0.2, -0.15) is 0 Å². The molecule has 0 spiro atoms. The number of hydrogen-bond donors (Lipinski definition) is 2. The molecule has 1 aromatic rings. The van der Waals surface area contributed by atoms with Crippen LogP contribution >= 0.6 is 0 Å². The fourth-order valence-electron chi connectivity index (χ4n) is 2.45. The predicted octanol–water partition coefficient (Wildman–Crippen LogP) is 2.66. The summed E-state index contributed by atoms with van der Waals surface area (Å²) in [7, 11) is 1.61. The van der Waals surface area contributed by atoms with E-state index in [9.17, 15) is 4.79 Å². The Labute approximate surface area is 120 Å². The molecule has 0 atom stereocenters. The number of anilines is 1. The predicted molar refractivity (Wildman–Crippen MR) is 81.0 cm³/mol. The zero-order chi connectivity index (χ0) is 14.6. The van der Waals surface area contributed by atoms with E-state index in [4.69, 9.17) is 4.74 Å². The van der Waals surface area contributed by atoms with Gasteiger partial charge in [-0.05, 0) is 36.3 Å². The number of rotatable bonds is 7. The van der Waals surface area contributed by atoms with Crippen LogP contribution < -0.4 is 15.4 Å². The van der Waals surface area contributed by atoms with Crippen molar-refractivity contribution in [1.29, 1.82) is 0 Å². The average molecular weight is 276 g/mol. The van der Waals surface area contributed by atoms with E-state index in [0.29, 0.717) is 17.9 Å². The van der Waals surface area contributed by atoms with Crippen molar-refractivity contribution in [2.24, 2.45) is 11.3 Å². The van der Waals surface area contributed by atoms with E-state index < -0.39 is 0 Å². The van der Waals surface area contributed by atoms with Crippen molar-refractivity contribution in [2.45, 2.75) is 26.7 Å². The van der Waals surface area contributed by atoms with Gasteiger partial charge in [0.25, 0.3) is 0 Å². The summed E-state index contributed by atoms with van der Waals surface area (Å²) in [6.45, 7) is 5.79. The number of methoxy groups -OCH3 is 1. The van der Waals surface area contributed by atoms with Crippen molar-refractivity contribution in [1.82, 2.24) is 5.32 Å². The van der Waals surface area contributed by atoms with Gasteiger partial charge in [0.2, 0.25) is 5.91 Å². The third kappa shape index (κ3) is 3.73. The van der Waals surface area contributed by atoms with E-state index in [-0.39, 0.29) is 5.91 Å². The highest BCUT2D eigenvalue weighted by Crippen LogP contribution is 2.51. The van der Waals surface area contributed by atoms with Crippen LogP contribution in [-0.4, -0.2) is 26.1 Å². The molecule has 4 heteroatoms. The topological polar surface area (TPSA) is 50.4 Å². The molecule has 0 aliphatic heterocycles. The van der Waals surface area contributed by atoms with E-state index in [1.807, 2.05) is 24.3 Å². The number of hydrogen-bond acceptors (Lipinski definition) is 3. The summed E-state index contributed by atoms with van der Waals surface area (Å²) in [5.74, 6) is 1.40. The number of ether oxygens (including phenoxy) is 1. The lowest BCUT2D eigenvalue weighted by atomic mass is 9.92. The van der Waals surface area contributed by atoms with E-state index in [1.54, 1.807) is 7.11 Å². The summed E-state index contributed by atoms with van der Waals surface area (Å²) in [5, 5.41) is 6.15. The van der Waals surface area contributed by atoms with Crippen molar-refractivity contribution in [2.75, 3.05) is 25.5 Å². The Bertz CT molecular complexity index is 467. The maximum atomic E-state index is 11.9. The highest BCUT2D eigenvalue weighted by molar-refractivity contribution is 5.92. The van der Waals surface area contributed by atoms with Crippen molar-refractivity contribution in [3.05, 3.63) is 24.3 Å². The molecule has 1 aromatic carbocycles. The molecule has 0 saturated heterocycles. The van der Waals surface area contributed by atoms with Crippen LogP contribution in [0.3, 0.4) is 0 Å². The van der Waals surface area contributed by atoms with Gasteiger partial charge in [0, 0.05) is 18.3 Å². The molecule has 0 heterocycles. The van der Waals surface area contributed by atoms with Crippen LogP contribution in [0.25, 0.3) is 0 Å². The Balaban J connectivity index is 1.75. The molecule has 1 saturated carbocycles. The van der Waals surface area contributed by atoms with Gasteiger partial charge in [0.15, 0.2) is 0 Å². The second-order valence-corrected chi connectivity index (χ2v) is 5.90. The lowest BCUT2D eigenvalue weighted by molar-refractivity contribution is -0.115. The van der Waals surface area contributed by atoms with E-state index >= 15 is 0 Å². The summed E-state index contributed by atoms with van der Waals surface area (Å²) in [5.41, 5.74) is 1.19. The molecule has 4 nitrogen and oxygen atoms in total. The van der Waals surface area contributed by atoms with Crippen LogP contribution in [-0.2, 0) is 4.79 Å². The first-order valence-corrected chi connectivity index (χ1v) is 7.20. The van der Waals surface area contributed by atoms with E-state index in [1.165, 1.54) is 12.8 Å². The Kier molecular flexibility index (Phi) is 4.65. The van der Waals surface area contributed by atoms with Crippen LogP contribution in [0.4, 0.5) is 5.69 Å². The summed E-state index contributed by atoms with van der Waals surface area (Å²) >= 11 is 0.